The van der Waals surface area contributed by atoms with Crippen molar-refractivity contribution < 1.29 is 0 Å². The molecular weight excluding hydrogens is 250 g/mol. The van der Waals surface area contributed by atoms with Crippen molar-refractivity contribution in [2.24, 2.45) is 0 Å². The Morgan fingerprint density at radius 1 is 1.00 bits per heavy atom. The number of nitrogens with two attached hydrogens (primary N) is 1. The maximum absolute atomic E-state index is 5.66. The van der Waals surface area contributed by atoms with Gasteiger partial charge < -0.3 is 5.73 Å². The molecular formula is C13H12BrN. The summed E-state index contributed by atoms with van der Waals surface area (Å²) in [6.45, 7) is 2.11. The summed E-state index contributed by atoms with van der Waals surface area (Å²) in [4.78, 5) is 0. The van der Waals surface area contributed by atoms with Crippen molar-refractivity contribution >= 4 is 21.6 Å². The number of benzene rings is 2. The first kappa shape index (κ1) is 10.2. The van der Waals surface area contributed by atoms with E-state index in [1.807, 2.05) is 24.3 Å². The molecule has 2 aromatic rings. The van der Waals surface area contributed by atoms with Gasteiger partial charge in [-0.05, 0) is 47.9 Å². The van der Waals surface area contributed by atoms with Crippen LogP contribution < -0.4 is 5.73 Å². The molecule has 0 fully saturated rings. The molecule has 0 aliphatic carbocycles. The highest BCUT2D eigenvalue weighted by atomic mass is 79.9. The van der Waals surface area contributed by atoms with Gasteiger partial charge in [0, 0.05) is 10.2 Å². The lowest BCUT2D eigenvalue weighted by Crippen LogP contribution is -1.86. The van der Waals surface area contributed by atoms with Gasteiger partial charge in [0.05, 0.1) is 0 Å². The Morgan fingerprint density at radius 3 is 2.27 bits per heavy atom. The highest BCUT2D eigenvalue weighted by molar-refractivity contribution is 9.10. The maximum atomic E-state index is 5.66. The van der Waals surface area contributed by atoms with E-state index < -0.39 is 0 Å². The first-order chi connectivity index (χ1) is 7.16. The van der Waals surface area contributed by atoms with Crippen LogP contribution in [0.1, 0.15) is 5.56 Å². The molecule has 76 valence electrons. The highest BCUT2D eigenvalue weighted by Gasteiger charge is 2.01. The number of hydrogen-bond acceptors (Lipinski definition) is 1. The first-order valence-corrected chi connectivity index (χ1v) is 5.58. The number of rotatable bonds is 1. The molecule has 2 N–H and O–H groups in total. The predicted molar refractivity (Wildman–Crippen MR) is 68.7 cm³/mol. The molecule has 0 heterocycles. The lowest BCUT2D eigenvalue weighted by molar-refractivity contribution is 1.44. The number of nitrogen functional groups attached to an aromatic ring is 1. The fourth-order valence-corrected chi connectivity index (χ4v) is 2.09. The van der Waals surface area contributed by atoms with Crippen molar-refractivity contribution in [3.63, 3.8) is 0 Å². The van der Waals surface area contributed by atoms with Crippen molar-refractivity contribution in [1.82, 2.24) is 0 Å². The molecule has 2 aromatic carbocycles. The van der Waals surface area contributed by atoms with Crippen LogP contribution in [0.4, 0.5) is 5.69 Å². The average Bonchev–Trinajstić information content (AvgIpc) is 2.20. The summed E-state index contributed by atoms with van der Waals surface area (Å²) < 4.78 is 1.11. The van der Waals surface area contributed by atoms with Crippen LogP contribution in [0.2, 0.25) is 0 Å². The Bertz CT molecular complexity index is 474. The van der Waals surface area contributed by atoms with Crippen molar-refractivity contribution in [2.45, 2.75) is 6.92 Å². The monoisotopic (exact) mass is 261 g/mol. The minimum Gasteiger partial charge on any atom is -0.399 e. The first-order valence-electron chi connectivity index (χ1n) is 4.79. The van der Waals surface area contributed by atoms with Gasteiger partial charge in [0.15, 0.2) is 0 Å². The lowest BCUT2D eigenvalue weighted by atomic mass is 10.0. The number of anilines is 1. The van der Waals surface area contributed by atoms with Crippen molar-refractivity contribution in [3.8, 4) is 11.1 Å². The smallest absolute Gasteiger partial charge is 0.0314 e. The van der Waals surface area contributed by atoms with E-state index in [9.17, 15) is 0 Å². The molecule has 0 saturated heterocycles. The fourth-order valence-electron chi connectivity index (χ4n) is 1.61. The molecule has 0 spiro atoms. The zero-order valence-corrected chi connectivity index (χ0v) is 10.1. The quantitative estimate of drug-likeness (QED) is 0.772. The lowest BCUT2D eigenvalue weighted by Gasteiger charge is -2.06. The molecule has 0 atom stereocenters. The Kier molecular flexibility index (Phi) is 2.78. The largest absolute Gasteiger partial charge is 0.399 e. The van der Waals surface area contributed by atoms with Gasteiger partial charge in [0.2, 0.25) is 0 Å². The minimum atomic E-state index is 0.800. The summed E-state index contributed by atoms with van der Waals surface area (Å²) in [7, 11) is 0. The average molecular weight is 262 g/mol. The molecule has 0 unspecified atom stereocenters. The van der Waals surface area contributed by atoms with Crippen LogP contribution in [-0.4, -0.2) is 0 Å². The second kappa shape index (κ2) is 4.07. The third kappa shape index (κ3) is 2.21. The molecule has 0 saturated carbocycles. The molecule has 0 amide bonds. The SMILES string of the molecule is Cc1cc(Br)ccc1-c1ccc(N)cc1. The zero-order chi connectivity index (χ0) is 10.8. The molecule has 15 heavy (non-hydrogen) atoms. The van der Waals surface area contributed by atoms with E-state index in [1.165, 1.54) is 16.7 Å². The van der Waals surface area contributed by atoms with Gasteiger partial charge in [-0.25, -0.2) is 0 Å². The summed E-state index contributed by atoms with van der Waals surface area (Å²) >= 11 is 3.46. The minimum absolute atomic E-state index is 0.800. The van der Waals surface area contributed by atoms with Gasteiger partial charge in [-0.2, -0.15) is 0 Å². The Balaban J connectivity index is 2.49. The molecule has 1 nitrogen and oxygen atoms in total. The Hall–Kier alpha value is -1.28. The van der Waals surface area contributed by atoms with Crippen LogP contribution >= 0.6 is 15.9 Å². The number of hydrogen-bond donors (Lipinski definition) is 1. The van der Waals surface area contributed by atoms with E-state index >= 15 is 0 Å². The van der Waals surface area contributed by atoms with E-state index in [0.29, 0.717) is 0 Å². The van der Waals surface area contributed by atoms with Crippen molar-refractivity contribution in [1.29, 1.82) is 0 Å². The van der Waals surface area contributed by atoms with Gasteiger partial charge in [0.25, 0.3) is 0 Å². The zero-order valence-electron chi connectivity index (χ0n) is 8.50. The highest BCUT2D eigenvalue weighted by Crippen LogP contribution is 2.26. The molecule has 0 radical (unpaired) electrons. The van der Waals surface area contributed by atoms with Crippen LogP contribution in [0.5, 0.6) is 0 Å². The molecule has 0 aromatic heterocycles. The standard InChI is InChI=1S/C13H12BrN/c1-9-8-11(14)4-7-13(9)10-2-5-12(15)6-3-10/h2-8H,15H2,1H3. The van der Waals surface area contributed by atoms with Gasteiger partial charge in [-0.1, -0.05) is 34.1 Å². The van der Waals surface area contributed by atoms with E-state index in [4.69, 9.17) is 5.73 Å². The summed E-state index contributed by atoms with van der Waals surface area (Å²) in [5.74, 6) is 0. The van der Waals surface area contributed by atoms with Gasteiger partial charge in [0.1, 0.15) is 0 Å². The van der Waals surface area contributed by atoms with Gasteiger partial charge in [-0.3, -0.25) is 0 Å². The Labute approximate surface area is 98.1 Å². The molecule has 2 heteroatoms. The fraction of sp³-hybridized carbons (Fsp3) is 0.0769. The van der Waals surface area contributed by atoms with Crippen LogP contribution in [0.25, 0.3) is 11.1 Å². The number of halogens is 1. The summed E-state index contributed by atoms with van der Waals surface area (Å²) in [6, 6.07) is 14.2. The van der Waals surface area contributed by atoms with E-state index in [1.54, 1.807) is 0 Å². The van der Waals surface area contributed by atoms with Crippen LogP contribution in [0.15, 0.2) is 46.9 Å². The summed E-state index contributed by atoms with van der Waals surface area (Å²) in [5, 5.41) is 0. The maximum Gasteiger partial charge on any atom is 0.0314 e. The molecule has 0 aliphatic heterocycles. The van der Waals surface area contributed by atoms with E-state index in [-0.39, 0.29) is 0 Å². The van der Waals surface area contributed by atoms with E-state index in [2.05, 4.69) is 41.1 Å². The van der Waals surface area contributed by atoms with Crippen molar-refractivity contribution in [2.75, 3.05) is 5.73 Å². The van der Waals surface area contributed by atoms with Gasteiger partial charge >= 0.3 is 0 Å². The molecule has 0 bridgehead atoms. The summed E-state index contributed by atoms with van der Waals surface area (Å²) in [5.41, 5.74) is 10.2. The van der Waals surface area contributed by atoms with Crippen LogP contribution in [-0.2, 0) is 0 Å². The summed E-state index contributed by atoms with van der Waals surface area (Å²) in [6.07, 6.45) is 0. The molecule has 2 rings (SSSR count). The molecule has 0 aliphatic rings. The van der Waals surface area contributed by atoms with Gasteiger partial charge in [-0.15, -0.1) is 0 Å². The van der Waals surface area contributed by atoms with E-state index in [0.717, 1.165) is 10.2 Å². The second-order valence-electron chi connectivity index (χ2n) is 3.58. The number of aryl methyl sites for hydroxylation is 1. The Morgan fingerprint density at radius 2 is 1.67 bits per heavy atom. The van der Waals surface area contributed by atoms with Crippen LogP contribution in [0, 0.1) is 6.92 Å². The van der Waals surface area contributed by atoms with Crippen LogP contribution in [0.3, 0.4) is 0 Å². The second-order valence-corrected chi connectivity index (χ2v) is 4.50. The predicted octanol–water partition coefficient (Wildman–Crippen LogP) is 4.01. The third-order valence-corrected chi connectivity index (χ3v) is 2.90. The normalized spacial score (nSPS) is 10.3. The topological polar surface area (TPSA) is 26.0 Å². The van der Waals surface area contributed by atoms with Crippen molar-refractivity contribution in [3.05, 3.63) is 52.5 Å². The third-order valence-electron chi connectivity index (χ3n) is 2.41.